The Morgan fingerprint density at radius 1 is 1.46 bits per heavy atom. The van der Waals surface area contributed by atoms with E-state index in [1.807, 2.05) is 13.8 Å². The van der Waals surface area contributed by atoms with Gasteiger partial charge in [-0.1, -0.05) is 0 Å². The molecular formula is C9H15N3O. The summed E-state index contributed by atoms with van der Waals surface area (Å²) in [6.45, 7) is 4.11. The summed E-state index contributed by atoms with van der Waals surface area (Å²) in [5.74, 6) is 0.617. The maximum absolute atomic E-state index is 8.68. The Labute approximate surface area is 78.0 Å². The molecule has 4 heteroatoms. The maximum atomic E-state index is 8.68. The van der Waals surface area contributed by atoms with Crippen LogP contribution in [0.5, 0.6) is 0 Å². The third kappa shape index (κ3) is 3.38. The third-order valence-electron chi connectivity index (χ3n) is 1.72. The van der Waals surface area contributed by atoms with E-state index in [1.165, 1.54) is 0 Å². The van der Waals surface area contributed by atoms with Crippen LogP contribution in [0.4, 0.5) is 5.95 Å². The molecule has 0 unspecified atom stereocenters. The standard InChI is InChI=1S/C9H15N3O/c1-7-5-10-9(11-6-7)12-8(2)3-4-13/h5-6,8,13H,3-4H2,1-2H3,(H,10,11,12)/t8-/m1/s1. The fourth-order valence-corrected chi connectivity index (χ4v) is 0.953. The van der Waals surface area contributed by atoms with Gasteiger partial charge in [0.25, 0.3) is 0 Å². The van der Waals surface area contributed by atoms with E-state index in [2.05, 4.69) is 15.3 Å². The van der Waals surface area contributed by atoms with Gasteiger partial charge in [-0.05, 0) is 25.8 Å². The lowest BCUT2D eigenvalue weighted by molar-refractivity contribution is 0.282. The van der Waals surface area contributed by atoms with Crippen molar-refractivity contribution >= 4 is 5.95 Å². The number of aryl methyl sites for hydroxylation is 1. The highest BCUT2D eigenvalue weighted by molar-refractivity contribution is 5.25. The number of aromatic nitrogens is 2. The van der Waals surface area contributed by atoms with E-state index >= 15 is 0 Å². The first-order valence-corrected chi connectivity index (χ1v) is 4.38. The van der Waals surface area contributed by atoms with Crippen molar-refractivity contribution in [2.24, 2.45) is 0 Å². The van der Waals surface area contributed by atoms with Gasteiger partial charge in [0, 0.05) is 25.0 Å². The quantitative estimate of drug-likeness (QED) is 0.726. The summed E-state index contributed by atoms with van der Waals surface area (Å²) in [7, 11) is 0. The summed E-state index contributed by atoms with van der Waals surface area (Å²) >= 11 is 0. The minimum atomic E-state index is 0.181. The Balaban J connectivity index is 2.49. The molecule has 72 valence electrons. The van der Waals surface area contributed by atoms with Crippen molar-refractivity contribution < 1.29 is 5.11 Å². The van der Waals surface area contributed by atoms with Crippen LogP contribution in [0.3, 0.4) is 0 Å². The van der Waals surface area contributed by atoms with Crippen LogP contribution in [0.15, 0.2) is 12.4 Å². The summed E-state index contributed by atoms with van der Waals surface area (Å²) in [6, 6.07) is 0.202. The maximum Gasteiger partial charge on any atom is 0.222 e. The molecule has 1 aromatic heterocycles. The van der Waals surface area contributed by atoms with Crippen molar-refractivity contribution in [1.29, 1.82) is 0 Å². The molecule has 4 nitrogen and oxygen atoms in total. The smallest absolute Gasteiger partial charge is 0.222 e. The van der Waals surface area contributed by atoms with E-state index in [9.17, 15) is 0 Å². The Kier molecular flexibility index (Phi) is 3.64. The zero-order chi connectivity index (χ0) is 9.68. The van der Waals surface area contributed by atoms with Crippen LogP contribution in [-0.4, -0.2) is 27.7 Å². The fourth-order valence-electron chi connectivity index (χ4n) is 0.953. The molecule has 0 saturated heterocycles. The molecule has 0 radical (unpaired) electrons. The van der Waals surface area contributed by atoms with Crippen molar-refractivity contribution in [3.05, 3.63) is 18.0 Å². The Morgan fingerprint density at radius 3 is 2.62 bits per heavy atom. The molecule has 1 atom stereocenters. The molecule has 0 aromatic carbocycles. The topological polar surface area (TPSA) is 58.0 Å². The van der Waals surface area contributed by atoms with Crippen LogP contribution >= 0.6 is 0 Å². The first-order valence-electron chi connectivity index (χ1n) is 4.38. The van der Waals surface area contributed by atoms with Crippen LogP contribution in [0.1, 0.15) is 18.9 Å². The lowest BCUT2D eigenvalue weighted by Crippen LogP contribution is -2.18. The predicted molar refractivity (Wildman–Crippen MR) is 51.6 cm³/mol. The number of hydrogen-bond acceptors (Lipinski definition) is 4. The van der Waals surface area contributed by atoms with Crippen molar-refractivity contribution in [1.82, 2.24) is 9.97 Å². The molecule has 1 heterocycles. The Hall–Kier alpha value is -1.16. The number of nitrogens with zero attached hydrogens (tertiary/aromatic N) is 2. The molecule has 0 aliphatic carbocycles. The number of rotatable bonds is 4. The summed E-state index contributed by atoms with van der Waals surface area (Å²) in [6.07, 6.45) is 4.24. The highest BCUT2D eigenvalue weighted by Crippen LogP contribution is 2.02. The molecule has 0 spiro atoms. The summed E-state index contributed by atoms with van der Waals surface area (Å²) in [4.78, 5) is 8.19. The first-order chi connectivity index (χ1) is 6.22. The van der Waals surface area contributed by atoms with Gasteiger partial charge in [0.1, 0.15) is 0 Å². The van der Waals surface area contributed by atoms with Crippen LogP contribution in [-0.2, 0) is 0 Å². The molecule has 1 rings (SSSR count). The van der Waals surface area contributed by atoms with Gasteiger partial charge in [0.2, 0.25) is 5.95 Å². The molecule has 13 heavy (non-hydrogen) atoms. The third-order valence-corrected chi connectivity index (χ3v) is 1.72. The normalized spacial score (nSPS) is 12.5. The van der Waals surface area contributed by atoms with Crippen LogP contribution in [0.25, 0.3) is 0 Å². The number of nitrogens with one attached hydrogen (secondary N) is 1. The predicted octanol–water partition coefficient (Wildman–Crippen LogP) is 0.968. The molecular weight excluding hydrogens is 166 g/mol. The Morgan fingerprint density at radius 2 is 2.08 bits per heavy atom. The number of hydrogen-bond donors (Lipinski definition) is 2. The van der Waals surface area contributed by atoms with E-state index in [4.69, 9.17) is 5.11 Å². The van der Waals surface area contributed by atoms with Gasteiger partial charge >= 0.3 is 0 Å². The van der Waals surface area contributed by atoms with E-state index in [1.54, 1.807) is 12.4 Å². The van der Waals surface area contributed by atoms with Gasteiger partial charge in [-0.2, -0.15) is 0 Å². The van der Waals surface area contributed by atoms with Gasteiger partial charge in [0.15, 0.2) is 0 Å². The molecule has 0 aliphatic heterocycles. The van der Waals surface area contributed by atoms with Crippen LogP contribution in [0.2, 0.25) is 0 Å². The molecule has 0 saturated carbocycles. The first kappa shape index (κ1) is 9.92. The molecule has 0 fully saturated rings. The monoisotopic (exact) mass is 181 g/mol. The van der Waals surface area contributed by atoms with Crippen molar-refractivity contribution in [3.63, 3.8) is 0 Å². The molecule has 1 aromatic rings. The Bertz CT molecular complexity index is 248. The summed E-state index contributed by atoms with van der Waals surface area (Å²) in [5.41, 5.74) is 1.04. The average molecular weight is 181 g/mol. The summed E-state index contributed by atoms with van der Waals surface area (Å²) < 4.78 is 0. The van der Waals surface area contributed by atoms with Crippen molar-refractivity contribution in [3.8, 4) is 0 Å². The van der Waals surface area contributed by atoms with Crippen LogP contribution < -0.4 is 5.32 Å². The van der Waals surface area contributed by atoms with E-state index in [-0.39, 0.29) is 12.6 Å². The van der Waals surface area contributed by atoms with E-state index in [0.717, 1.165) is 5.56 Å². The molecule has 2 N–H and O–H groups in total. The minimum absolute atomic E-state index is 0.181. The number of anilines is 1. The lowest BCUT2D eigenvalue weighted by atomic mass is 10.2. The molecule has 0 amide bonds. The van der Waals surface area contributed by atoms with Gasteiger partial charge in [-0.25, -0.2) is 9.97 Å². The number of aliphatic hydroxyl groups is 1. The number of aliphatic hydroxyl groups excluding tert-OH is 1. The zero-order valence-corrected chi connectivity index (χ0v) is 7.99. The average Bonchev–Trinajstić information content (AvgIpc) is 2.09. The highest BCUT2D eigenvalue weighted by atomic mass is 16.3. The molecule has 0 aliphatic rings. The fraction of sp³-hybridized carbons (Fsp3) is 0.556. The second-order valence-corrected chi connectivity index (χ2v) is 3.14. The van der Waals surface area contributed by atoms with Crippen LogP contribution in [0, 0.1) is 6.92 Å². The lowest BCUT2D eigenvalue weighted by Gasteiger charge is -2.11. The van der Waals surface area contributed by atoms with Gasteiger partial charge in [-0.15, -0.1) is 0 Å². The van der Waals surface area contributed by atoms with E-state index in [0.29, 0.717) is 12.4 Å². The van der Waals surface area contributed by atoms with Gasteiger partial charge in [0.05, 0.1) is 0 Å². The van der Waals surface area contributed by atoms with E-state index < -0.39 is 0 Å². The second kappa shape index (κ2) is 4.77. The van der Waals surface area contributed by atoms with Gasteiger partial charge < -0.3 is 10.4 Å². The largest absolute Gasteiger partial charge is 0.396 e. The minimum Gasteiger partial charge on any atom is -0.396 e. The molecule has 0 bridgehead atoms. The van der Waals surface area contributed by atoms with Crippen molar-refractivity contribution in [2.75, 3.05) is 11.9 Å². The SMILES string of the molecule is Cc1cnc(N[C@H](C)CCO)nc1. The summed E-state index contributed by atoms with van der Waals surface area (Å²) in [5, 5.41) is 11.8. The second-order valence-electron chi connectivity index (χ2n) is 3.14. The van der Waals surface area contributed by atoms with Crippen molar-refractivity contribution in [2.45, 2.75) is 26.3 Å². The highest BCUT2D eigenvalue weighted by Gasteiger charge is 2.01. The zero-order valence-electron chi connectivity index (χ0n) is 7.99. The van der Waals surface area contributed by atoms with Gasteiger partial charge in [-0.3, -0.25) is 0 Å².